The van der Waals surface area contributed by atoms with Crippen molar-refractivity contribution in [3.63, 3.8) is 0 Å². The van der Waals surface area contributed by atoms with E-state index in [1.54, 1.807) is 0 Å². The van der Waals surface area contributed by atoms with Gasteiger partial charge in [-0.15, -0.1) is 0 Å². The molecule has 1 unspecified atom stereocenters. The van der Waals surface area contributed by atoms with Crippen LogP contribution in [-0.2, 0) is 4.79 Å². The van der Waals surface area contributed by atoms with Crippen LogP contribution in [0.15, 0.2) is 0 Å². The summed E-state index contributed by atoms with van der Waals surface area (Å²) in [5, 5.41) is 6.80. The molecule has 0 aromatic heterocycles. The average molecular weight is 306 g/mol. The molecule has 1 heterocycles. The van der Waals surface area contributed by atoms with E-state index in [9.17, 15) is 4.79 Å². The maximum atomic E-state index is 12.6. The van der Waals surface area contributed by atoms with Gasteiger partial charge in [0.1, 0.15) is 0 Å². The van der Waals surface area contributed by atoms with Crippen molar-refractivity contribution in [3.8, 4) is 0 Å². The van der Waals surface area contributed by atoms with Gasteiger partial charge in [0, 0.05) is 12.0 Å². The first-order chi connectivity index (χ1) is 10.5. The molecular weight excluding hydrogens is 272 g/mol. The van der Waals surface area contributed by atoms with Gasteiger partial charge in [0.15, 0.2) is 0 Å². The van der Waals surface area contributed by atoms with Crippen LogP contribution in [0.2, 0.25) is 0 Å². The lowest BCUT2D eigenvalue weighted by molar-refractivity contribution is -0.124. The summed E-state index contributed by atoms with van der Waals surface area (Å²) in [4.78, 5) is 12.6. The van der Waals surface area contributed by atoms with Crippen molar-refractivity contribution < 1.29 is 4.79 Å². The molecule has 126 valence electrons. The fourth-order valence-electron chi connectivity index (χ4n) is 4.81. The zero-order valence-corrected chi connectivity index (χ0v) is 14.7. The molecular formula is C19H34N2O. The largest absolute Gasteiger partial charge is 0.353 e. The van der Waals surface area contributed by atoms with Gasteiger partial charge in [-0.05, 0) is 74.8 Å². The van der Waals surface area contributed by atoms with Gasteiger partial charge in [0.25, 0.3) is 0 Å². The van der Waals surface area contributed by atoms with Crippen LogP contribution in [-0.4, -0.2) is 25.0 Å². The molecule has 1 atom stereocenters. The van der Waals surface area contributed by atoms with Crippen LogP contribution >= 0.6 is 0 Å². The predicted molar refractivity (Wildman–Crippen MR) is 90.6 cm³/mol. The van der Waals surface area contributed by atoms with Crippen molar-refractivity contribution >= 4 is 5.91 Å². The molecule has 2 aliphatic carbocycles. The van der Waals surface area contributed by atoms with Crippen LogP contribution < -0.4 is 10.6 Å². The van der Waals surface area contributed by atoms with Crippen molar-refractivity contribution in [1.82, 2.24) is 10.6 Å². The molecule has 1 aliphatic heterocycles. The fraction of sp³-hybridized carbons (Fsp3) is 0.947. The molecule has 1 amide bonds. The van der Waals surface area contributed by atoms with E-state index in [1.807, 2.05) is 0 Å². The van der Waals surface area contributed by atoms with E-state index in [0.29, 0.717) is 28.7 Å². The lowest BCUT2D eigenvalue weighted by Crippen LogP contribution is -2.41. The van der Waals surface area contributed by atoms with Crippen LogP contribution in [0, 0.1) is 22.7 Å². The Morgan fingerprint density at radius 2 is 1.82 bits per heavy atom. The zero-order valence-electron chi connectivity index (χ0n) is 14.7. The third kappa shape index (κ3) is 3.20. The van der Waals surface area contributed by atoms with E-state index in [2.05, 4.69) is 31.4 Å². The molecule has 1 spiro atoms. The summed E-state index contributed by atoms with van der Waals surface area (Å²) in [6.45, 7) is 9.31. The molecule has 22 heavy (non-hydrogen) atoms. The first-order valence-corrected chi connectivity index (χ1v) is 9.48. The standard InChI is InChI=1S/C19H34N2O/c1-4-18(2,3)14-5-7-15(8-6-14)21-17(22)16-13-19(16)9-11-20-12-10-19/h14-16,20H,4-13H2,1-3H3,(H,21,22). The number of amides is 1. The van der Waals surface area contributed by atoms with Gasteiger partial charge in [0.2, 0.25) is 5.91 Å². The molecule has 0 aromatic rings. The number of hydrogen-bond donors (Lipinski definition) is 2. The Balaban J connectivity index is 1.44. The van der Waals surface area contributed by atoms with Crippen LogP contribution in [0.5, 0.6) is 0 Å². The lowest BCUT2D eigenvalue weighted by Gasteiger charge is -2.39. The van der Waals surface area contributed by atoms with E-state index in [-0.39, 0.29) is 0 Å². The number of carbonyl (C=O) groups excluding carboxylic acids is 1. The van der Waals surface area contributed by atoms with E-state index >= 15 is 0 Å². The van der Waals surface area contributed by atoms with Crippen molar-refractivity contribution in [2.75, 3.05) is 13.1 Å². The smallest absolute Gasteiger partial charge is 0.223 e. The van der Waals surface area contributed by atoms with Crippen molar-refractivity contribution in [3.05, 3.63) is 0 Å². The van der Waals surface area contributed by atoms with Gasteiger partial charge in [-0.2, -0.15) is 0 Å². The van der Waals surface area contributed by atoms with Crippen molar-refractivity contribution in [2.45, 2.75) is 78.2 Å². The lowest BCUT2D eigenvalue weighted by atomic mass is 9.69. The summed E-state index contributed by atoms with van der Waals surface area (Å²) >= 11 is 0. The Morgan fingerprint density at radius 1 is 1.18 bits per heavy atom. The third-order valence-corrected chi connectivity index (χ3v) is 7.20. The molecule has 2 N–H and O–H groups in total. The maximum Gasteiger partial charge on any atom is 0.223 e. The molecule has 3 fully saturated rings. The summed E-state index contributed by atoms with van der Waals surface area (Å²) < 4.78 is 0. The van der Waals surface area contributed by atoms with Gasteiger partial charge in [-0.1, -0.05) is 27.2 Å². The topological polar surface area (TPSA) is 41.1 Å². The molecule has 3 rings (SSSR count). The van der Waals surface area contributed by atoms with E-state index in [4.69, 9.17) is 0 Å². The SMILES string of the molecule is CCC(C)(C)C1CCC(NC(=O)C2CC23CCNCC3)CC1. The third-order valence-electron chi connectivity index (χ3n) is 7.20. The minimum Gasteiger partial charge on any atom is -0.353 e. The van der Waals surface area contributed by atoms with Crippen LogP contribution in [0.1, 0.15) is 72.1 Å². The first kappa shape index (κ1) is 16.3. The Kier molecular flexibility index (Phi) is 4.55. The summed E-state index contributed by atoms with van der Waals surface area (Å²) in [5.74, 6) is 1.52. The second-order valence-corrected chi connectivity index (χ2v) is 8.77. The first-order valence-electron chi connectivity index (χ1n) is 9.48. The van der Waals surface area contributed by atoms with Crippen LogP contribution in [0.25, 0.3) is 0 Å². The summed E-state index contributed by atoms with van der Waals surface area (Å²) in [7, 11) is 0. The molecule has 3 aliphatic rings. The van der Waals surface area contributed by atoms with Gasteiger partial charge in [-0.3, -0.25) is 4.79 Å². The van der Waals surface area contributed by atoms with Crippen LogP contribution in [0.4, 0.5) is 0 Å². The summed E-state index contributed by atoms with van der Waals surface area (Å²) in [5.41, 5.74) is 0.835. The highest BCUT2D eigenvalue weighted by Crippen LogP contribution is 2.58. The van der Waals surface area contributed by atoms with Gasteiger partial charge in [-0.25, -0.2) is 0 Å². The average Bonchev–Trinajstić information content (AvgIpc) is 3.22. The predicted octanol–water partition coefficient (Wildman–Crippen LogP) is 3.49. The maximum absolute atomic E-state index is 12.6. The highest BCUT2D eigenvalue weighted by atomic mass is 16.2. The molecule has 0 radical (unpaired) electrons. The molecule has 3 heteroatoms. The second-order valence-electron chi connectivity index (χ2n) is 8.77. The summed E-state index contributed by atoms with van der Waals surface area (Å²) in [6, 6.07) is 0.441. The number of hydrogen-bond acceptors (Lipinski definition) is 2. The van der Waals surface area contributed by atoms with Gasteiger partial charge >= 0.3 is 0 Å². The number of nitrogens with one attached hydrogen (secondary N) is 2. The van der Waals surface area contributed by atoms with Gasteiger partial charge in [0.05, 0.1) is 0 Å². The Hall–Kier alpha value is -0.570. The minimum absolute atomic E-state index is 0.319. The van der Waals surface area contributed by atoms with Crippen molar-refractivity contribution in [1.29, 1.82) is 0 Å². The monoisotopic (exact) mass is 306 g/mol. The zero-order chi connectivity index (χ0) is 15.8. The van der Waals surface area contributed by atoms with E-state index < -0.39 is 0 Å². The van der Waals surface area contributed by atoms with Crippen LogP contribution in [0.3, 0.4) is 0 Å². The second kappa shape index (κ2) is 6.14. The van der Waals surface area contributed by atoms with Gasteiger partial charge < -0.3 is 10.6 Å². The Labute approximate surface area is 136 Å². The number of rotatable bonds is 4. The molecule has 2 saturated carbocycles. The fourth-order valence-corrected chi connectivity index (χ4v) is 4.81. The van der Waals surface area contributed by atoms with E-state index in [0.717, 1.165) is 25.4 Å². The highest BCUT2D eigenvalue weighted by Gasteiger charge is 2.57. The van der Waals surface area contributed by atoms with Crippen molar-refractivity contribution in [2.24, 2.45) is 22.7 Å². The quantitative estimate of drug-likeness (QED) is 0.835. The minimum atomic E-state index is 0.319. The highest BCUT2D eigenvalue weighted by molar-refractivity contribution is 5.82. The molecule has 3 nitrogen and oxygen atoms in total. The summed E-state index contributed by atoms with van der Waals surface area (Å²) in [6.07, 6.45) is 9.72. The van der Waals surface area contributed by atoms with E-state index in [1.165, 1.54) is 44.9 Å². The molecule has 0 bridgehead atoms. The molecule has 0 aromatic carbocycles. The Bertz CT molecular complexity index is 404. The number of piperidine rings is 1. The normalized spacial score (nSPS) is 34.4. The number of carbonyl (C=O) groups is 1. The molecule has 1 saturated heterocycles. The Morgan fingerprint density at radius 3 is 2.41 bits per heavy atom.